The Balaban J connectivity index is 1.86. The average molecular weight is 421 g/mol. The van der Waals surface area contributed by atoms with E-state index >= 15 is 0 Å². The summed E-state index contributed by atoms with van der Waals surface area (Å²) >= 11 is 1.25. The van der Waals surface area contributed by atoms with E-state index in [1.807, 2.05) is 6.92 Å². The molecule has 1 amide bonds. The number of anilines is 1. The second-order valence-corrected chi connectivity index (χ2v) is 8.00. The number of aromatic nitrogens is 2. The van der Waals surface area contributed by atoms with E-state index in [0.717, 1.165) is 5.01 Å². The molecule has 1 aliphatic heterocycles. The van der Waals surface area contributed by atoms with Crippen LogP contribution in [0.4, 0.5) is 5.69 Å². The van der Waals surface area contributed by atoms with Crippen LogP contribution in [0, 0.1) is 13.8 Å². The molecule has 0 saturated heterocycles. The Morgan fingerprint density at radius 1 is 1.13 bits per heavy atom. The van der Waals surface area contributed by atoms with Crippen LogP contribution in [0.25, 0.3) is 0 Å². The third-order valence-electron chi connectivity index (χ3n) is 4.93. The first-order valence-corrected chi connectivity index (χ1v) is 10.0. The Bertz CT molecular complexity index is 1150. The predicted octanol–water partition coefficient (Wildman–Crippen LogP) is 3.95. The molecule has 30 heavy (non-hydrogen) atoms. The second kappa shape index (κ2) is 7.72. The average Bonchev–Trinajstić information content (AvgIpc) is 3.24. The molecule has 1 unspecified atom stereocenters. The maximum absolute atomic E-state index is 13.4. The van der Waals surface area contributed by atoms with Crippen molar-refractivity contribution in [2.24, 2.45) is 0 Å². The van der Waals surface area contributed by atoms with Gasteiger partial charge in [-0.25, -0.2) is 4.98 Å². The molecule has 4 rings (SSSR count). The lowest BCUT2D eigenvalue weighted by atomic mass is 9.95. The van der Waals surface area contributed by atoms with Crippen LogP contribution in [-0.4, -0.2) is 33.9 Å². The van der Waals surface area contributed by atoms with Crippen molar-refractivity contribution in [1.82, 2.24) is 9.97 Å². The van der Waals surface area contributed by atoms with E-state index < -0.39 is 23.5 Å². The minimum atomic E-state index is -0.789. The molecule has 152 valence electrons. The largest absolute Gasteiger partial charge is 0.503 e. The first-order valence-electron chi connectivity index (χ1n) is 9.21. The van der Waals surface area contributed by atoms with Gasteiger partial charge in [-0.3, -0.25) is 19.5 Å². The van der Waals surface area contributed by atoms with Gasteiger partial charge in [-0.15, -0.1) is 11.3 Å². The quantitative estimate of drug-likeness (QED) is 0.627. The van der Waals surface area contributed by atoms with E-state index in [2.05, 4.69) is 9.97 Å². The molecule has 1 aromatic carbocycles. The van der Waals surface area contributed by atoms with E-state index in [9.17, 15) is 14.7 Å². The highest BCUT2D eigenvalue weighted by Crippen LogP contribution is 2.42. The minimum absolute atomic E-state index is 0.0359. The third kappa shape index (κ3) is 3.25. The molecule has 0 radical (unpaired) electrons. The van der Waals surface area contributed by atoms with Crippen LogP contribution < -0.4 is 9.64 Å². The fraction of sp³-hybridized carbons (Fsp3) is 0.182. The molecule has 0 bridgehead atoms. The van der Waals surface area contributed by atoms with Crippen molar-refractivity contribution in [3.8, 4) is 5.75 Å². The van der Waals surface area contributed by atoms with E-state index in [0.29, 0.717) is 27.6 Å². The number of amides is 1. The van der Waals surface area contributed by atoms with Crippen LogP contribution in [0.1, 0.15) is 32.0 Å². The molecule has 1 N–H and O–H groups in total. The van der Waals surface area contributed by atoms with Crippen LogP contribution in [-0.2, 0) is 4.79 Å². The monoisotopic (exact) mass is 421 g/mol. The summed E-state index contributed by atoms with van der Waals surface area (Å²) in [5.74, 6) is -0.954. The number of nitrogens with zero attached hydrogens (tertiary/aromatic N) is 3. The van der Waals surface area contributed by atoms with Gasteiger partial charge in [0.05, 0.1) is 34.3 Å². The molecule has 3 heterocycles. The van der Waals surface area contributed by atoms with Crippen molar-refractivity contribution in [1.29, 1.82) is 0 Å². The number of methoxy groups -OCH3 is 1. The van der Waals surface area contributed by atoms with Gasteiger partial charge < -0.3 is 9.84 Å². The Morgan fingerprint density at radius 2 is 1.80 bits per heavy atom. The topological polar surface area (TPSA) is 92.6 Å². The fourth-order valence-electron chi connectivity index (χ4n) is 3.57. The number of carbonyl (C=O) groups is 2. The van der Waals surface area contributed by atoms with Gasteiger partial charge in [0.2, 0.25) is 5.78 Å². The van der Waals surface area contributed by atoms with Crippen LogP contribution in [0.2, 0.25) is 0 Å². The molecule has 7 nitrogen and oxygen atoms in total. The molecule has 0 saturated carbocycles. The third-order valence-corrected chi connectivity index (χ3v) is 6.01. The summed E-state index contributed by atoms with van der Waals surface area (Å²) in [5, 5.41) is 11.5. The maximum atomic E-state index is 13.4. The molecule has 0 spiro atoms. The molecule has 0 aliphatic carbocycles. The summed E-state index contributed by atoms with van der Waals surface area (Å²) in [6, 6.07) is 9.54. The molecular formula is C22H19N3O4S. The van der Waals surface area contributed by atoms with E-state index in [1.54, 1.807) is 62.8 Å². The van der Waals surface area contributed by atoms with Crippen molar-refractivity contribution < 1.29 is 19.4 Å². The zero-order chi connectivity index (χ0) is 21.4. The van der Waals surface area contributed by atoms with Gasteiger partial charge >= 0.3 is 0 Å². The number of aryl methyl sites for hydroxylation is 2. The van der Waals surface area contributed by atoms with Gasteiger partial charge in [-0.1, -0.05) is 0 Å². The van der Waals surface area contributed by atoms with E-state index in [1.165, 1.54) is 16.2 Å². The number of rotatable bonds is 5. The molecular weight excluding hydrogens is 402 g/mol. The zero-order valence-corrected chi connectivity index (χ0v) is 17.4. The highest BCUT2D eigenvalue weighted by Gasteiger charge is 2.45. The number of carbonyl (C=O) groups excluding carboxylic acids is 2. The van der Waals surface area contributed by atoms with Gasteiger partial charge in [0, 0.05) is 18.1 Å². The number of aliphatic hydroxyl groups is 1. The zero-order valence-electron chi connectivity index (χ0n) is 16.6. The Morgan fingerprint density at radius 3 is 2.37 bits per heavy atom. The van der Waals surface area contributed by atoms with Crippen molar-refractivity contribution in [2.45, 2.75) is 19.9 Å². The summed E-state index contributed by atoms with van der Waals surface area (Å²) in [4.78, 5) is 36.7. The number of ketones is 1. The fourth-order valence-corrected chi connectivity index (χ4v) is 4.45. The van der Waals surface area contributed by atoms with Crippen LogP contribution >= 0.6 is 11.3 Å². The van der Waals surface area contributed by atoms with Gasteiger partial charge in [0.25, 0.3) is 5.91 Å². The van der Waals surface area contributed by atoms with Crippen LogP contribution in [0.5, 0.6) is 5.75 Å². The number of Topliss-reactive ketones (excluding diaryl/α,β-unsaturated/α-hetero) is 1. The van der Waals surface area contributed by atoms with Crippen molar-refractivity contribution in [3.05, 3.63) is 81.3 Å². The smallest absolute Gasteiger partial charge is 0.294 e. The maximum Gasteiger partial charge on any atom is 0.294 e. The normalized spacial score (nSPS) is 16.3. The number of hydrogen-bond acceptors (Lipinski definition) is 7. The molecule has 0 fully saturated rings. The lowest BCUT2D eigenvalue weighted by molar-refractivity contribution is -0.117. The SMILES string of the molecule is COc1ccc(N2C(=O)C(O)=C(C(=O)c3sc(C)nc3C)C2c2ccncc2)cc1. The van der Waals surface area contributed by atoms with E-state index in [-0.39, 0.29) is 5.57 Å². The lowest BCUT2D eigenvalue weighted by Gasteiger charge is -2.26. The standard InChI is InChI=1S/C22H19N3O4S/c1-12-21(30-13(2)24-12)19(26)17-18(14-8-10-23-11-9-14)25(22(28)20(17)27)15-4-6-16(29-3)7-5-15/h4-11,18,27H,1-3H3. The van der Waals surface area contributed by atoms with Gasteiger partial charge in [0.15, 0.2) is 5.76 Å². The first kappa shape index (κ1) is 19.8. The van der Waals surface area contributed by atoms with Crippen molar-refractivity contribution in [3.63, 3.8) is 0 Å². The number of pyridine rings is 1. The highest BCUT2D eigenvalue weighted by atomic mass is 32.1. The molecule has 8 heteroatoms. The summed E-state index contributed by atoms with van der Waals surface area (Å²) in [6.45, 7) is 3.56. The van der Waals surface area contributed by atoms with Crippen molar-refractivity contribution >= 4 is 28.7 Å². The van der Waals surface area contributed by atoms with Crippen LogP contribution in [0.15, 0.2) is 60.1 Å². The van der Waals surface area contributed by atoms with Gasteiger partial charge in [-0.05, 0) is 55.8 Å². The number of ether oxygens (including phenoxy) is 1. The van der Waals surface area contributed by atoms with Crippen LogP contribution in [0.3, 0.4) is 0 Å². The summed E-state index contributed by atoms with van der Waals surface area (Å²) < 4.78 is 5.19. The number of benzene rings is 1. The number of thiazole rings is 1. The minimum Gasteiger partial charge on any atom is -0.503 e. The molecule has 1 aliphatic rings. The molecule has 2 aromatic heterocycles. The van der Waals surface area contributed by atoms with Gasteiger partial charge in [0.1, 0.15) is 5.75 Å². The molecule has 1 atom stereocenters. The predicted molar refractivity (Wildman–Crippen MR) is 113 cm³/mol. The Kier molecular flexibility index (Phi) is 5.09. The highest BCUT2D eigenvalue weighted by molar-refractivity contribution is 7.14. The Hall–Kier alpha value is -3.52. The van der Waals surface area contributed by atoms with Gasteiger partial charge in [-0.2, -0.15) is 0 Å². The summed E-state index contributed by atoms with van der Waals surface area (Å²) in [5.41, 5.74) is 1.81. The number of aliphatic hydroxyl groups excluding tert-OH is 1. The first-order chi connectivity index (χ1) is 14.4. The Labute approximate surface area is 177 Å². The molecule has 3 aromatic rings. The second-order valence-electron chi connectivity index (χ2n) is 6.80. The lowest BCUT2D eigenvalue weighted by Crippen LogP contribution is -2.31. The number of hydrogen-bond donors (Lipinski definition) is 1. The van der Waals surface area contributed by atoms with E-state index in [4.69, 9.17) is 4.74 Å². The summed E-state index contributed by atoms with van der Waals surface area (Å²) in [7, 11) is 1.55. The summed E-state index contributed by atoms with van der Waals surface area (Å²) in [6.07, 6.45) is 3.18. The van der Waals surface area contributed by atoms with Crippen molar-refractivity contribution in [2.75, 3.05) is 12.0 Å².